The van der Waals surface area contributed by atoms with E-state index in [1.54, 1.807) is 11.6 Å². The van der Waals surface area contributed by atoms with E-state index in [0.29, 0.717) is 10.8 Å². The van der Waals surface area contributed by atoms with Crippen LogP contribution in [-0.2, 0) is 17.4 Å². The molecule has 4 aromatic rings. The molecule has 192 valence electrons. The van der Waals surface area contributed by atoms with Gasteiger partial charge in [0, 0.05) is 33.7 Å². The Hall–Kier alpha value is -3.92. The summed E-state index contributed by atoms with van der Waals surface area (Å²) in [4.78, 5) is 16.7. The molecule has 0 radical (unpaired) electrons. The minimum absolute atomic E-state index is 0.0142. The second-order valence-corrected chi connectivity index (χ2v) is 9.63. The number of amides is 1. The van der Waals surface area contributed by atoms with Crippen LogP contribution < -0.4 is 10.7 Å². The zero-order chi connectivity index (χ0) is 26.7. The number of rotatable bonds is 7. The third-order valence-electron chi connectivity index (χ3n) is 5.79. The molecular formula is C27H26F3N5OS. The lowest BCUT2D eigenvalue weighted by Gasteiger charge is -2.13. The van der Waals surface area contributed by atoms with Crippen LogP contribution in [0.5, 0.6) is 0 Å². The van der Waals surface area contributed by atoms with Crippen molar-refractivity contribution in [3.05, 3.63) is 93.2 Å². The maximum absolute atomic E-state index is 12.9. The van der Waals surface area contributed by atoms with E-state index in [4.69, 9.17) is 0 Å². The number of anilines is 2. The van der Waals surface area contributed by atoms with Crippen molar-refractivity contribution in [2.24, 2.45) is 5.10 Å². The Bertz CT molecular complexity index is 1470. The molecule has 2 aromatic carbocycles. The lowest BCUT2D eigenvalue weighted by molar-refractivity contribution is -0.137. The van der Waals surface area contributed by atoms with Crippen molar-refractivity contribution in [2.75, 3.05) is 5.32 Å². The Kier molecular flexibility index (Phi) is 7.49. The van der Waals surface area contributed by atoms with Gasteiger partial charge in [-0.2, -0.15) is 18.3 Å². The van der Waals surface area contributed by atoms with Gasteiger partial charge >= 0.3 is 6.18 Å². The van der Waals surface area contributed by atoms with Crippen molar-refractivity contribution < 1.29 is 18.0 Å². The van der Waals surface area contributed by atoms with Gasteiger partial charge in [-0.25, -0.2) is 10.4 Å². The molecule has 0 saturated heterocycles. The van der Waals surface area contributed by atoms with E-state index >= 15 is 0 Å². The summed E-state index contributed by atoms with van der Waals surface area (Å²) in [5, 5.41) is 9.03. The van der Waals surface area contributed by atoms with E-state index in [1.165, 1.54) is 34.6 Å². The number of nitrogens with one attached hydrogen (secondary N) is 2. The fourth-order valence-electron chi connectivity index (χ4n) is 4.07. The normalized spacial score (nSPS) is 11.8. The van der Waals surface area contributed by atoms with Gasteiger partial charge in [0.25, 0.3) is 0 Å². The van der Waals surface area contributed by atoms with Crippen molar-refractivity contribution >= 4 is 34.3 Å². The van der Waals surface area contributed by atoms with Gasteiger partial charge in [0.2, 0.25) is 5.91 Å². The van der Waals surface area contributed by atoms with E-state index in [9.17, 15) is 18.0 Å². The molecule has 6 nitrogen and oxygen atoms in total. The van der Waals surface area contributed by atoms with Gasteiger partial charge in [-0.1, -0.05) is 23.8 Å². The van der Waals surface area contributed by atoms with Crippen molar-refractivity contribution in [1.29, 1.82) is 0 Å². The number of alkyl halides is 3. The highest BCUT2D eigenvalue weighted by atomic mass is 32.1. The van der Waals surface area contributed by atoms with Gasteiger partial charge in [0.15, 0.2) is 5.13 Å². The zero-order valence-corrected chi connectivity index (χ0v) is 21.6. The summed E-state index contributed by atoms with van der Waals surface area (Å²) >= 11 is 1.20. The smallest absolute Gasteiger partial charge is 0.332 e. The number of aromatic nitrogens is 2. The monoisotopic (exact) mass is 525 g/mol. The summed E-state index contributed by atoms with van der Waals surface area (Å²) in [7, 11) is 0. The first-order valence-corrected chi connectivity index (χ1v) is 12.4. The topological polar surface area (TPSA) is 71.3 Å². The first kappa shape index (κ1) is 26.2. The SMILES string of the molecule is Cc1ccc(-n2c(C)cc(/C=N\NC(=O)Cc3csc(Nc4cccc(C(F)(F)F)c4)n3)c2C)c(C)c1. The summed E-state index contributed by atoms with van der Waals surface area (Å²) in [5.74, 6) is -0.352. The van der Waals surface area contributed by atoms with Crippen molar-refractivity contribution in [2.45, 2.75) is 40.3 Å². The lowest BCUT2D eigenvalue weighted by Crippen LogP contribution is -2.20. The molecule has 37 heavy (non-hydrogen) atoms. The summed E-state index contributed by atoms with van der Waals surface area (Å²) in [6.07, 6.45) is -2.83. The van der Waals surface area contributed by atoms with E-state index in [1.807, 2.05) is 19.9 Å². The molecule has 0 aliphatic heterocycles. The summed E-state index contributed by atoms with van der Waals surface area (Å²) in [5.41, 5.74) is 8.94. The summed E-state index contributed by atoms with van der Waals surface area (Å²) in [6.45, 7) is 8.17. The van der Waals surface area contributed by atoms with E-state index in [-0.39, 0.29) is 18.0 Å². The molecule has 0 aliphatic rings. The molecule has 10 heteroatoms. The van der Waals surface area contributed by atoms with Crippen LogP contribution >= 0.6 is 11.3 Å². The Morgan fingerprint density at radius 2 is 1.89 bits per heavy atom. The summed E-state index contributed by atoms with van der Waals surface area (Å²) in [6, 6.07) is 13.2. The average Bonchev–Trinajstić information content (AvgIpc) is 3.37. The first-order chi connectivity index (χ1) is 17.5. The molecule has 0 unspecified atom stereocenters. The standard InChI is InChI=1S/C27H26F3N5OS/c1-16-8-9-24(17(2)10-16)35-18(3)11-20(19(35)4)14-31-34-25(36)13-23-15-37-26(33-23)32-22-7-5-6-21(12-22)27(28,29)30/h5-12,14-15H,13H2,1-4H3,(H,32,33)(H,34,36)/b31-14-. The molecule has 0 bridgehead atoms. The number of hydrogen-bond acceptors (Lipinski definition) is 5. The molecule has 0 saturated carbocycles. The number of aryl methyl sites for hydroxylation is 3. The number of hydrogen-bond donors (Lipinski definition) is 2. The molecule has 0 fully saturated rings. The van der Waals surface area contributed by atoms with Crippen molar-refractivity contribution in [1.82, 2.24) is 15.0 Å². The number of benzene rings is 2. The summed E-state index contributed by atoms with van der Waals surface area (Å²) < 4.78 is 40.9. The molecule has 4 rings (SSSR count). The number of hydrazone groups is 1. The average molecular weight is 526 g/mol. The number of thiazole rings is 1. The second-order valence-electron chi connectivity index (χ2n) is 8.77. The third kappa shape index (κ3) is 6.26. The van der Waals surface area contributed by atoms with Gasteiger partial charge < -0.3 is 9.88 Å². The first-order valence-electron chi connectivity index (χ1n) is 11.5. The Balaban J connectivity index is 1.37. The lowest BCUT2D eigenvalue weighted by atomic mass is 10.1. The molecule has 0 atom stereocenters. The van der Waals surface area contributed by atoms with Crippen LogP contribution in [-0.4, -0.2) is 21.7 Å². The molecule has 0 spiro atoms. The number of nitrogens with zero attached hydrogens (tertiary/aromatic N) is 3. The zero-order valence-electron chi connectivity index (χ0n) is 20.8. The fourth-order valence-corrected chi connectivity index (χ4v) is 4.80. The largest absolute Gasteiger partial charge is 0.416 e. The Morgan fingerprint density at radius 1 is 1.11 bits per heavy atom. The maximum Gasteiger partial charge on any atom is 0.416 e. The van der Waals surface area contributed by atoms with Crippen LogP contribution in [0.1, 0.15) is 39.3 Å². The molecule has 2 N–H and O–H groups in total. The van der Waals surface area contributed by atoms with Crippen LogP contribution in [0.15, 0.2) is 59.0 Å². The van der Waals surface area contributed by atoms with E-state index in [2.05, 4.69) is 57.4 Å². The van der Waals surface area contributed by atoms with Gasteiger partial charge in [-0.05, 0) is 63.6 Å². The predicted octanol–water partition coefficient (Wildman–Crippen LogP) is 6.62. The van der Waals surface area contributed by atoms with Gasteiger partial charge in [-0.3, -0.25) is 4.79 Å². The van der Waals surface area contributed by atoms with E-state index in [0.717, 1.165) is 34.8 Å². The number of halogens is 3. The molecule has 2 aromatic heterocycles. The van der Waals surface area contributed by atoms with Gasteiger partial charge in [0.1, 0.15) is 0 Å². The highest BCUT2D eigenvalue weighted by Crippen LogP contribution is 2.32. The quantitative estimate of drug-likeness (QED) is 0.210. The van der Waals surface area contributed by atoms with Crippen LogP contribution in [0, 0.1) is 27.7 Å². The predicted molar refractivity (Wildman–Crippen MR) is 141 cm³/mol. The number of carbonyl (C=O) groups is 1. The highest BCUT2D eigenvalue weighted by Gasteiger charge is 2.30. The van der Waals surface area contributed by atoms with Gasteiger partial charge in [-0.15, -0.1) is 11.3 Å². The second kappa shape index (κ2) is 10.6. The molecule has 1 amide bonds. The van der Waals surface area contributed by atoms with E-state index < -0.39 is 11.7 Å². The van der Waals surface area contributed by atoms with Crippen LogP contribution in [0.3, 0.4) is 0 Å². The van der Waals surface area contributed by atoms with Crippen molar-refractivity contribution in [3.63, 3.8) is 0 Å². The maximum atomic E-state index is 12.9. The van der Waals surface area contributed by atoms with Gasteiger partial charge in [0.05, 0.1) is 23.9 Å². The number of carbonyl (C=O) groups excluding carboxylic acids is 1. The molecule has 2 heterocycles. The third-order valence-corrected chi connectivity index (χ3v) is 6.60. The molecule has 0 aliphatic carbocycles. The Labute approximate surface area is 216 Å². The van der Waals surface area contributed by atoms with Crippen LogP contribution in [0.2, 0.25) is 0 Å². The highest BCUT2D eigenvalue weighted by molar-refractivity contribution is 7.13. The van der Waals surface area contributed by atoms with Crippen LogP contribution in [0.25, 0.3) is 5.69 Å². The minimum atomic E-state index is -4.43. The van der Waals surface area contributed by atoms with Crippen molar-refractivity contribution in [3.8, 4) is 5.69 Å². The molecular weight excluding hydrogens is 499 g/mol. The fraction of sp³-hybridized carbons (Fsp3) is 0.222. The Morgan fingerprint density at radius 3 is 2.62 bits per heavy atom. The minimum Gasteiger partial charge on any atom is -0.332 e. The van der Waals surface area contributed by atoms with Crippen LogP contribution in [0.4, 0.5) is 24.0 Å².